The van der Waals surface area contributed by atoms with E-state index in [1.54, 1.807) is 12.3 Å². The second kappa shape index (κ2) is 7.34. The number of H-pyrrole nitrogens is 1. The Morgan fingerprint density at radius 2 is 1.75 bits per heavy atom. The molecular weight excluding hydrogens is 442 g/mol. The predicted octanol–water partition coefficient (Wildman–Crippen LogP) is 3.96. The number of aliphatic hydroxyl groups excluding tert-OH is 1. The first kappa shape index (κ1) is 22.3. The maximum Gasteiger partial charge on any atom is 0.424 e. The van der Waals surface area contributed by atoms with E-state index in [9.17, 15) is 36.6 Å². The van der Waals surface area contributed by atoms with Crippen LogP contribution in [0.15, 0.2) is 48.9 Å². The summed E-state index contributed by atoms with van der Waals surface area (Å²) < 4.78 is 82.7. The van der Waals surface area contributed by atoms with Crippen LogP contribution in [-0.2, 0) is 12.0 Å². The number of rotatable bonds is 6. The Morgan fingerprint density at radius 3 is 2.25 bits per heavy atom. The summed E-state index contributed by atoms with van der Waals surface area (Å²) in [5.41, 5.74) is -6.02. The molecule has 2 atom stereocenters. The van der Waals surface area contributed by atoms with E-state index < -0.39 is 47.3 Å². The van der Waals surface area contributed by atoms with Crippen LogP contribution in [0, 0.1) is 5.41 Å². The van der Waals surface area contributed by atoms with Crippen LogP contribution in [0.2, 0.25) is 0 Å². The van der Waals surface area contributed by atoms with Gasteiger partial charge in [-0.15, -0.1) is 0 Å². The van der Waals surface area contributed by atoms with Crippen molar-refractivity contribution in [3.05, 3.63) is 66.0 Å². The van der Waals surface area contributed by atoms with E-state index in [1.807, 2.05) is 0 Å². The Bertz CT molecular complexity index is 1070. The first-order valence-corrected chi connectivity index (χ1v) is 9.56. The number of aliphatic hydroxyl groups is 2. The molecule has 1 aromatic carbocycles. The average molecular weight is 460 g/mol. The summed E-state index contributed by atoms with van der Waals surface area (Å²) in [5, 5.41) is 25.0. The second-order valence-corrected chi connectivity index (χ2v) is 7.91. The molecule has 4 rings (SSSR count). The zero-order valence-electron chi connectivity index (χ0n) is 16.3. The highest BCUT2D eigenvalue weighted by atomic mass is 19.4. The summed E-state index contributed by atoms with van der Waals surface area (Å²) in [6.07, 6.45) is -9.09. The Kier molecular flexibility index (Phi) is 5.12. The van der Waals surface area contributed by atoms with E-state index in [0.29, 0.717) is 5.69 Å². The standard InChI is InChI=1S/C20H18F6N4O2/c21-19(22,23)17(6-7-17)10-13-11-27-16(29-13)15(31)18(32,20(24,25)26)12-2-4-14(5-3-12)30-9-1-8-28-30/h1-5,8-9,11,15,31-32H,6-7,10H2,(H,27,29)/t15-,18+/m0/s1. The number of hydrogen-bond acceptors (Lipinski definition) is 4. The van der Waals surface area contributed by atoms with Gasteiger partial charge in [0.1, 0.15) is 5.82 Å². The zero-order valence-corrected chi connectivity index (χ0v) is 16.3. The van der Waals surface area contributed by atoms with Crippen molar-refractivity contribution in [2.75, 3.05) is 0 Å². The highest BCUT2D eigenvalue weighted by molar-refractivity contribution is 5.38. The van der Waals surface area contributed by atoms with Crippen LogP contribution >= 0.6 is 0 Å². The molecule has 172 valence electrons. The third kappa shape index (κ3) is 3.66. The topological polar surface area (TPSA) is 87.0 Å². The Hall–Kier alpha value is -2.86. The van der Waals surface area contributed by atoms with E-state index in [2.05, 4.69) is 15.1 Å². The van der Waals surface area contributed by atoms with Crippen LogP contribution in [0.4, 0.5) is 26.3 Å². The number of nitrogens with one attached hydrogen (secondary N) is 1. The molecule has 1 aliphatic rings. The number of aromatic amines is 1. The van der Waals surface area contributed by atoms with Crippen molar-refractivity contribution in [1.82, 2.24) is 19.7 Å². The van der Waals surface area contributed by atoms with Gasteiger partial charge in [-0.25, -0.2) is 9.67 Å². The monoisotopic (exact) mass is 460 g/mol. The highest BCUT2D eigenvalue weighted by Gasteiger charge is 2.63. The minimum absolute atomic E-state index is 0.0765. The van der Waals surface area contributed by atoms with Gasteiger partial charge in [-0.05, 0) is 36.6 Å². The molecule has 1 saturated carbocycles. The third-order valence-electron chi connectivity index (χ3n) is 5.80. The van der Waals surface area contributed by atoms with Gasteiger partial charge in [0.15, 0.2) is 6.10 Å². The molecule has 12 heteroatoms. The van der Waals surface area contributed by atoms with E-state index >= 15 is 0 Å². The molecular formula is C20H18F6N4O2. The molecule has 0 radical (unpaired) electrons. The number of alkyl halides is 6. The molecule has 1 aliphatic carbocycles. The van der Waals surface area contributed by atoms with E-state index in [1.165, 1.54) is 23.0 Å². The normalized spacial score (nSPS) is 18.9. The lowest BCUT2D eigenvalue weighted by Gasteiger charge is -2.34. The molecule has 6 nitrogen and oxygen atoms in total. The van der Waals surface area contributed by atoms with Crippen LogP contribution in [0.5, 0.6) is 0 Å². The van der Waals surface area contributed by atoms with Gasteiger partial charge in [0, 0.05) is 30.7 Å². The van der Waals surface area contributed by atoms with Gasteiger partial charge in [0.2, 0.25) is 5.60 Å². The number of halogens is 6. The van der Waals surface area contributed by atoms with Crippen LogP contribution in [-0.4, -0.2) is 42.3 Å². The Morgan fingerprint density at radius 1 is 1.09 bits per heavy atom. The number of aromatic nitrogens is 4. The lowest BCUT2D eigenvalue weighted by atomic mass is 9.86. The van der Waals surface area contributed by atoms with Crippen molar-refractivity contribution in [3.63, 3.8) is 0 Å². The van der Waals surface area contributed by atoms with Gasteiger partial charge in [-0.1, -0.05) is 12.1 Å². The summed E-state index contributed by atoms with van der Waals surface area (Å²) in [6.45, 7) is 0. The molecule has 2 aromatic heterocycles. The fraction of sp³-hybridized carbons (Fsp3) is 0.400. The van der Waals surface area contributed by atoms with Gasteiger partial charge >= 0.3 is 12.4 Å². The van der Waals surface area contributed by atoms with E-state index in [0.717, 1.165) is 18.3 Å². The molecule has 0 unspecified atom stereocenters. The summed E-state index contributed by atoms with van der Waals surface area (Å²) in [5.74, 6) is -0.686. The molecule has 32 heavy (non-hydrogen) atoms. The van der Waals surface area contributed by atoms with E-state index in [4.69, 9.17) is 0 Å². The Balaban J connectivity index is 1.63. The maximum absolute atomic E-state index is 13.9. The minimum Gasteiger partial charge on any atom is -0.381 e. The van der Waals surface area contributed by atoms with Crippen molar-refractivity contribution >= 4 is 0 Å². The average Bonchev–Trinajstić information content (AvgIpc) is 3.13. The van der Waals surface area contributed by atoms with Crippen LogP contribution in [0.1, 0.15) is 36.0 Å². The molecule has 1 fully saturated rings. The lowest BCUT2D eigenvalue weighted by Crippen LogP contribution is -2.47. The Labute approximate surface area is 177 Å². The molecule has 0 bridgehead atoms. The maximum atomic E-state index is 13.9. The second-order valence-electron chi connectivity index (χ2n) is 7.91. The summed E-state index contributed by atoms with van der Waals surface area (Å²) in [7, 11) is 0. The SMILES string of the molecule is O[C@@H](c1ncc(CC2(C(F)(F)F)CC2)[nH]1)[C@](O)(c1ccc(-n2cccn2)cc1)C(F)(F)F. The number of hydrogen-bond donors (Lipinski definition) is 3. The first-order chi connectivity index (χ1) is 14.9. The van der Waals surface area contributed by atoms with E-state index in [-0.39, 0.29) is 18.5 Å². The first-order valence-electron chi connectivity index (χ1n) is 9.56. The summed E-state index contributed by atoms with van der Waals surface area (Å²) >= 11 is 0. The molecule has 0 aliphatic heterocycles. The fourth-order valence-electron chi connectivity index (χ4n) is 3.65. The van der Waals surface area contributed by atoms with Crippen molar-refractivity contribution in [2.45, 2.75) is 43.3 Å². The highest BCUT2D eigenvalue weighted by Crippen LogP contribution is 2.59. The number of imidazole rings is 1. The smallest absolute Gasteiger partial charge is 0.381 e. The van der Waals surface area contributed by atoms with Gasteiger partial charge in [-0.2, -0.15) is 31.4 Å². The third-order valence-corrected chi connectivity index (χ3v) is 5.80. The molecule has 0 amide bonds. The zero-order chi connectivity index (χ0) is 23.4. The predicted molar refractivity (Wildman–Crippen MR) is 98.5 cm³/mol. The molecule has 0 saturated heterocycles. The minimum atomic E-state index is -5.32. The number of nitrogens with zero attached hydrogens (tertiary/aromatic N) is 3. The lowest BCUT2D eigenvalue weighted by molar-refractivity contribution is -0.301. The van der Waals surface area contributed by atoms with Crippen molar-refractivity contribution in [3.8, 4) is 5.69 Å². The van der Waals surface area contributed by atoms with Crippen LogP contribution in [0.3, 0.4) is 0 Å². The quantitative estimate of drug-likeness (QED) is 0.486. The van der Waals surface area contributed by atoms with Gasteiger partial charge in [0.25, 0.3) is 0 Å². The fourth-order valence-corrected chi connectivity index (χ4v) is 3.65. The summed E-state index contributed by atoms with van der Waals surface area (Å²) in [4.78, 5) is 5.95. The molecule has 0 spiro atoms. The summed E-state index contributed by atoms with van der Waals surface area (Å²) in [6, 6.07) is 6.14. The van der Waals surface area contributed by atoms with Crippen molar-refractivity contribution < 1.29 is 36.6 Å². The van der Waals surface area contributed by atoms with Crippen LogP contribution < -0.4 is 0 Å². The van der Waals surface area contributed by atoms with Gasteiger partial charge in [0.05, 0.1) is 11.1 Å². The number of benzene rings is 1. The largest absolute Gasteiger partial charge is 0.424 e. The van der Waals surface area contributed by atoms with Gasteiger partial charge < -0.3 is 15.2 Å². The molecule has 3 aromatic rings. The van der Waals surface area contributed by atoms with Gasteiger partial charge in [-0.3, -0.25) is 0 Å². The van der Waals surface area contributed by atoms with Crippen LogP contribution in [0.25, 0.3) is 5.69 Å². The molecule has 3 N–H and O–H groups in total. The van der Waals surface area contributed by atoms with Crippen molar-refractivity contribution in [1.29, 1.82) is 0 Å². The van der Waals surface area contributed by atoms with Crippen molar-refractivity contribution in [2.24, 2.45) is 5.41 Å². The molecule has 2 heterocycles.